The van der Waals surface area contributed by atoms with Crippen LogP contribution in [0.25, 0.3) is 0 Å². The molecule has 2 N–H and O–H groups in total. The second-order valence-electron chi connectivity index (χ2n) is 7.48. The molecule has 0 unspecified atom stereocenters. The van der Waals surface area contributed by atoms with Crippen LogP contribution in [0.4, 0.5) is 0 Å². The van der Waals surface area contributed by atoms with E-state index in [4.69, 9.17) is 4.74 Å². The first-order chi connectivity index (χ1) is 14.1. The topological polar surface area (TPSA) is 102 Å². The van der Waals surface area contributed by atoms with Crippen LogP contribution in [0.15, 0.2) is 59.5 Å². The van der Waals surface area contributed by atoms with Gasteiger partial charge in [0.15, 0.2) is 0 Å². The molecule has 7 nitrogen and oxygen atoms in total. The molecule has 0 aliphatic heterocycles. The van der Waals surface area contributed by atoms with Crippen LogP contribution in [0.3, 0.4) is 0 Å². The molecule has 2 aromatic carbocycles. The zero-order valence-electron chi connectivity index (χ0n) is 17.6. The minimum atomic E-state index is -3.90. The van der Waals surface area contributed by atoms with Gasteiger partial charge in [-0.05, 0) is 37.5 Å². The molecule has 0 fully saturated rings. The molecule has 0 radical (unpaired) electrons. The van der Waals surface area contributed by atoms with Gasteiger partial charge in [-0.1, -0.05) is 61.9 Å². The summed E-state index contributed by atoms with van der Waals surface area (Å²) in [5.74, 6) is -1.53. The van der Waals surface area contributed by atoms with E-state index in [9.17, 15) is 18.0 Å². The molecular formula is C22H28N2O5S. The molecular weight excluding hydrogens is 404 g/mol. The molecule has 0 saturated carbocycles. The molecule has 0 bridgehead atoms. The number of benzene rings is 2. The van der Waals surface area contributed by atoms with Gasteiger partial charge in [0.1, 0.15) is 18.7 Å². The molecule has 1 amide bonds. The SMILES string of the molecule is Cc1ccc(S(=O)(=O)N[C@H](C(=O)N[C@@H](C)C(=O)OCc2ccccc2)C(C)C)cc1. The summed E-state index contributed by atoms with van der Waals surface area (Å²) in [6.45, 7) is 6.89. The van der Waals surface area contributed by atoms with E-state index < -0.39 is 34.0 Å². The third-order valence-electron chi connectivity index (χ3n) is 4.50. The van der Waals surface area contributed by atoms with Gasteiger partial charge in [0.2, 0.25) is 15.9 Å². The molecule has 0 saturated heterocycles. The number of sulfonamides is 1. The Hall–Kier alpha value is -2.71. The lowest BCUT2D eigenvalue weighted by Crippen LogP contribution is -2.53. The summed E-state index contributed by atoms with van der Waals surface area (Å²) in [7, 11) is -3.90. The van der Waals surface area contributed by atoms with Crippen molar-refractivity contribution in [3.63, 3.8) is 0 Å². The van der Waals surface area contributed by atoms with Gasteiger partial charge in [-0.3, -0.25) is 4.79 Å². The van der Waals surface area contributed by atoms with Crippen molar-refractivity contribution in [2.24, 2.45) is 5.92 Å². The van der Waals surface area contributed by atoms with Gasteiger partial charge >= 0.3 is 5.97 Å². The Labute approximate surface area is 177 Å². The highest BCUT2D eigenvalue weighted by molar-refractivity contribution is 7.89. The second-order valence-corrected chi connectivity index (χ2v) is 9.19. The molecule has 2 atom stereocenters. The molecule has 0 aliphatic carbocycles. The third kappa shape index (κ3) is 6.67. The predicted molar refractivity (Wildman–Crippen MR) is 114 cm³/mol. The molecule has 0 spiro atoms. The lowest BCUT2D eigenvalue weighted by atomic mass is 10.0. The van der Waals surface area contributed by atoms with Crippen molar-refractivity contribution in [1.29, 1.82) is 0 Å². The summed E-state index contributed by atoms with van der Waals surface area (Å²) < 4.78 is 33.0. The first kappa shape index (κ1) is 23.6. The van der Waals surface area contributed by atoms with Crippen molar-refractivity contribution >= 4 is 21.9 Å². The minimum absolute atomic E-state index is 0.0712. The van der Waals surface area contributed by atoms with Crippen LogP contribution in [0.5, 0.6) is 0 Å². The van der Waals surface area contributed by atoms with Gasteiger partial charge in [0, 0.05) is 0 Å². The summed E-state index contributed by atoms with van der Waals surface area (Å²) in [5.41, 5.74) is 1.75. The number of aryl methyl sites for hydroxylation is 1. The number of carbonyl (C=O) groups is 2. The smallest absolute Gasteiger partial charge is 0.328 e. The fourth-order valence-corrected chi connectivity index (χ4v) is 4.00. The maximum absolute atomic E-state index is 12.7. The molecule has 162 valence electrons. The van der Waals surface area contributed by atoms with E-state index in [1.54, 1.807) is 26.0 Å². The van der Waals surface area contributed by atoms with Gasteiger partial charge < -0.3 is 10.1 Å². The first-order valence-electron chi connectivity index (χ1n) is 9.70. The largest absolute Gasteiger partial charge is 0.459 e. The highest BCUT2D eigenvalue weighted by Crippen LogP contribution is 2.13. The zero-order valence-corrected chi connectivity index (χ0v) is 18.4. The van der Waals surface area contributed by atoms with E-state index >= 15 is 0 Å². The molecule has 0 aromatic heterocycles. The van der Waals surface area contributed by atoms with Gasteiger partial charge in [0.25, 0.3) is 0 Å². The summed E-state index contributed by atoms with van der Waals surface area (Å²) in [6.07, 6.45) is 0. The first-order valence-corrected chi connectivity index (χ1v) is 11.2. The van der Waals surface area contributed by atoms with Gasteiger partial charge in [-0.2, -0.15) is 4.72 Å². The van der Waals surface area contributed by atoms with Crippen molar-refractivity contribution in [3.05, 3.63) is 65.7 Å². The van der Waals surface area contributed by atoms with Gasteiger partial charge in [-0.25, -0.2) is 13.2 Å². The quantitative estimate of drug-likeness (QED) is 0.593. The molecule has 0 heterocycles. The average molecular weight is 433 g/mol. The maximum Gasteiger partial charge on any atom is 0.328 e. The van der Waals surface area contributed by atoms with E-state index in [0.29, 0.717) is 0 Å². The lowest BCUT2D eigenvalue weighted by molar-refractivity contribution is -0.148. The third-order valence-corrected chi connectivity index (χ3v) is 5.96. The van der Waals surface area contributed by atoms with Gasteiger partial charge in [-0.15, -0.1) is 0 Å². The maximum atomic E-state index is 12.7. The van der Waals surface area contributed by atoms with Crippen LogP contribution in [-0.2, 0) is 31.0 Å². The van der Waals surface area contributed by atoms with Crippen LogP contribution in [-0.4, -0.2) is 32.4 Å². The van der Waals surface area contributed by atoms with Crippen LogP contribution in [0.2, 0.25) is 0 Å². The number of rotatable bonds is 9. The van der Waals surface area contributed by atoms with E-state index in [1.807, 2.05) is 37.3 Å². The number of esters is 1. The number of amides is 1. The molecule has 2 rings (SSSR count). The van der Waals surface area contributed by atoms with Crippen LogP contribution in [0, 0.1) is 12.8 Å². The Bertz CT molecular complexity index is 957. The second kappa shape index (κ2) is 10.4. The van der Waals surface area contributed by atoms with E-state index in [1.165, 1.54) is 19.1 Å². The Morgan fingerprint density at radius 3 is 2.13 bits per heavy atom. The fourth-order valence-electron chi connectivity index (χ4n) is 2.66. The highest BCUT2D eigenvalue weighted by Gasteiger charge is 2.30. The van der Waals surface area contributed by atoms with Crippen molar-refractivity contribution in [1.82, 2.24) is 10.0 Å². The van der Waals surface area contributed by atoms with Crippen molar-refractivity contribution in [2.75, 3.05) is 0 Å². The predicted octanol–water partition coefficient (Wildman–Crippen LogP) is 2.55. The fraction of sp³-hybridized carbons (Fsp3) is 0.364. The Balaban J connectivity index is 2.00. The monoisotopic (exact) mass is 432 g/mol. The van der Waals surface area contributed by atoms with Crippen LogP contribution in [0.1, 0.15) is 31.9 Å². The number of nitrogens with one attached hydrogen (secondary N) is 2. The number of carbonyl (C=O) groups excluding carboxylic acids is 2. The standard InChI is InChI=1S/C22H28N2O5S/c1-15(2)20(24-30(27,28)19-12-10-16(3)11-13-19)21(25)23-17(4)22(26)29-14-18-8-6-5-7-9-18/h5-13,15,17,20,24H,14H2,1-4H3,(H,23,25)/t17-,20-/m0/s1. The minimum Gasteiger partial charge on any atom is -0.459 e. The Kier molecular flexibility index (Phi) is 8.14. The van der Waals surface area contributed by atoms with Gasteiger partial charge in [0.05, 0.1) is 4.90 Å². The van der Waals surface area contributed by atoms with E-state index in [2.05, 4.69) is 10.0 Å². The van der Waals surface area contributed by atoms with Crippen LogP contribution < -0.4 is 10.0 Å². The van der Waals surface area contributed by atoms with Crippen molar-refractivity contribution in [2.45, 2.75) is 51.3 Å². The Morgan fingerprint density at radius 2 is 1.57 bits per heavy atom. The molecule has 8 heteroatoms. The summed E-state index contributed by atoms with van der Waals surface area (Å²) in [6, 6.07) is 13.5. The normalized spacial score (nSPS) is 13.5. The number of ether oxygens (including phenoxy) is 1. The Morgan fingerprint density at radius 1 is 0.967 bits per heavy atom. The molecule has 0 aliphatic rings. The lowest BCUT2D eigenvalue weighted by Gasteiger charge is -2.23. The molecule has 2 aromatic rings. The van der Waals surface area contributed by atoms with E-state index in [-0.39, 0.29) is 17.4 Å². The summed E-state index contributed by atoms with van der Waals surface area (Å²) in [4.78, 5) is 25.0. The average Bonchev–Trinajstić information content (AvgIpc) is 2.71. The molecule has 30 heavy (non-hydrogen) atoms. The summed E-state index contributed by atoms with van der Waals surface area (Å²) >= 11 is 0. The van der Waals surface area contributed by atoms with Crippen molar-refractivity contribution < 1.29 is 22.7 Å². The van der Waals surface area contributed by atoms with Crippen LogP contribution >= 0.6 is 0 Å². The number of hydrogen-bond donors (Lipinski definition) is 2. The number of hydrogen-bond acceptors (Lipinski definition) is 5. The summed E-state index contributed by atoms with van der Waals surface area (Å²) in [5, 5.41) is 2.54. The highest BCUT2D eigenvalue weighted by atomic mass is 32.2. The van der Waals surface area contributed by atoms with E-state index in [0.717, 1.165) is 11.1 Å². The van der Waals surface area contributed by atoms with Crippen molar-refractivity contribution in [3.8, 4) is 0 Å². The zero-order chi connectivity index (χ0) is 22.3.